The Hall–Kier alpha value is -0.120. The lowest BCUT2D eigenvalue weighted by molar-refractivity contribution is 0.0521. The molecule has 16 heavy (non-hydrogen) atoms. The van der Waals surface area contributed by atoms with Crippen molar-refractivity contribution < 1.29 is 5.11 Å². The molecular formula is C13H28N2O. The fraction of sp³-hybridized carbons (Fsp3) is 1.00. The van der Waals surface area contributed by atoms with Gasteiger partial charge in [0.25, 0.3) is 0 Å². The molecular weight excluding hydrogens is 200 g/mol. The van der Waals surface area contributed by atoms with Crippen molar-refractivity contribution in [3.63, 3.8) is 0 Å². The molecule has 0 aliphatic carbocycles. The predicted octanol–water partition coefficient (Wildman–Crippen LogP) is 1.47. The maximum Gasteiger partial charge on any atom is 0.0603 e. The van der Waals surface area contributed by atoms with Crippen LogP contribution in [0, 0.1) is 5.92 Å². The van der Waals surface area contributed by atoms with Crippen molar-refractivity contribution in [3.05, 3.63) is 0 Å². The number of nitrogens with zero attached hydrogens (tertiary/aromatic N) is 1. The van der Waals surface area contributed by atoms with E-state index in [4.69, 9.17) is 0 Å². The number of rotatable bonds is 6. The largest absolute Gasteiger partial charge is 0.390 e. The average Bonchev–Trinajstić information content (AvgIpc) is 2.24. The van der Waals surface area contributed by atoms with E-state index in [1.807, 2.05) is 13.8 Å². The summed E-state index contributed by atoms with van der Waals surface area (Å²) in [5.41, 5.74) is -0.513. The quantitative estimate of drug-likeness (QED) is 0.722. The summed E-state index contributed by atoms with van der Waals surface area (Å²) in [4.78, 5) is 2.49. The monoisotopic (exact) mass is 228 g/mol. The first kappa shape index (κ1) is 13.9. The van der Waals surface area contributed by atoms with Crippen LogP contribution in [0.3, 0.4) is 0 Å². The van der Waals surface area contributed by atoms with Crippen molar-refractivity contribution in [2.45, 2.75) is 45.6 Å². The molecule has 1 rings (SSSR count). The van der Waals surface area contributed by atoms with E-state index < -0.39 is 5.60 Å². The molecule has 0 saturated carbocycles. The number of nitrogens with one attached hydrogen (secondary N) is 1. The molecule has 0 atom stereocenters. The second kappa shape index (κ2) is 6.58. The molecule has 0 radical (unpaired) electrons. The number of likely N-dealkylation sites (tertiary alicyclic amines) is 1. The SMILES string of the molecule is CCNCC1CCN(CCC(C)(C)O)CC1. The van der Waals surface area contributed by atoms with Crippen molar-refractivity contribution >= 4 is 0 Å². The van der Waals surface area contributed by atoms with Gasteiger partial charge in [-0.15, -0.1) is 0 Å². The normalized spacial score (nSPS) is 20.2. The average molecular weight is 228 g/mol. The van der Waals surface area contributed by atoms with E-state index in [0.717, 1.165) is 25.4 Å². The molecule has 3 heteroatoms. The predicted molar refractivity (Wildman–Crippen MR) is 68.6 cm³/mol. The van der Waals surface area contributed by atoms with Gasteiger partial charge < -0.3 is 15.3 Å². The van der Waals surface area contributed by atoms with Crippen LogP contribution in [0.25, 0.3) is 0 Å². The van der Waals surface area contributed by atoms with E-state index in [-0.39, 0.29) is 0 Å². The number of aliphatic hydroxyl groups is 1. The molecule has 0 unspecified atom stereocenters. The van der Waals surface area contributed by atoms with E-state index >= 15 is 0 Å². The van der Waals surface area contributed by atoms with Crippen LogP contribution in [0.4, 0.5) is 0 Å². The first-order chi connectivity index (χ1) is 7.51. The molecule has 1 heterocycles. The van der Waals surface area contributed by atoms with Crippen LogP contribution in [0.2, 0.25) is 0 Å². The van der Waals surface area contributed by atoms with Gasteiger partial charge in [0.1, 0.15) is 0 Å². The zero-order valence-electron chi connectivity index (χ0n) is 11.1. The van der Waals surface area contributed by atoms with Crippen LogP contribution in [0.5, 0.6) is 0 Å². The Bertz CT molecular complexity index is 181. The topological polar surface area (TPSA) is 35.5 Å². The van der Waals surface area contributed by atoms with Crippen LogP contribution >= 0.6 is 0 Å². The van der Waals surface area contributed by atoms with Crippen molar-refractivity contribution in [3.8, 4) is 0 Å². The Morgan fingerprint density at radius 2 is 1.94 bits per heavy atom. The highest BCUT2D eigenvalue weighted by molar-refractivity contribution is 4.76. The van der Waals surface area contributed by atoms with Crippen molar-refractivity contribution in [1.82, 2.24) is 10.2 Å². The molecule has 1 aliphatic heterocycles. The second-order valence-corrected chi connectivity index (χ2v) is 5.66. The minimum absolute atomic E-state index is 0.513. The van der Waals surface area contributed by atoms with Crippen molar-refractivity contribution in [1.29, 1.82) is 0 Å². The van der Waals surface area contributed by atoms with E-state index in [1.54, 1.807) is 0 Å². The molecule has 0 spiro atoms. The molecule has 0 aromatic rings. The first-order valence-corrected chi connectivity index (χ1v) is 6.66. The lowest BCUT2D eigenvalue weighted by Gasteiger charge is -2.33. The number of hydrogen-bond acceptors (Lipinski definition) is 3. The van der Waals surface area contributed by atoms with Gasteiger partial charge in [-0.3, -0.25) is 0 Å². The Morgan fingerprint density at radius 3 is 2.44 bits per heavy atom. The molecule has 96 valence electrons. The van der Waals surface area contributed by atoms with E-state index in [1.165, 1.54) is 32.5 Å². The molecule has 0 amide bonds. The summed E-state index contributed by atoms with van der Waals surface area (Å²) >= 11 is 0. The second-order valence-electron chi connectivity index (χ2n) is 5.66. The third-order valence-electron chi connectivity index (χ3n) is 3.43. The van der Waals surface area contributed by atoms with Crippen LogP contribution in [0.1, 0.15) is 40.0 Å². The summed E-state index contributed by atoms with van der Waals surface area (Å²) in [5, 5.41) is 13.1. The van der Waals surface area contributed by atoms with Gasteiger partial charge in [0, 0.05) is 6.54 Å². The smallest absolute Gasteiger partial charge is 0.0603 e. The summed E-state index contributed by atoms with van der Waals surface area (Å²) in [6, 6.07) is 0. The minimum Gasteiger partial charge on any atom is -0.390 e. The Balaban J connectivity index is 2.12. The zero-order valence-corrected chi connectivity index (χ0v) is 11.1. The fourth-order valence-electron chi connectivity index (χ4n) is 2.19. The van der Waals surface area contributed by atoms with Gasteiger partial charge in [-0.1, -0.05) is 6.92 Å². The van der Waals surface area contributed by atoms with Crippen LogP contribution in [-0.4, -0.2) is 48.3 Å². The molecule has 1 saturated heterocycles. The molecule has 1 aliphatic rings. The molecule has 0 bridgehead atoms. The van der Waals surface area contributed by atoms with E-state index in [9.17, 15) is 5.11 Å². The molecule has 2 N–H and O–H groups in total. The summed E-state index contributed by atoms with van der Waals surface area (Å²) in [5.74, 6) is 0.860. The summed E-state index contributed by atoms with van der Waals surface area (Å²) in [7, 11) is 0. The van der Waals surface area contributed by atoms with Crippen LogP contribution in [-0.2, 0) is 0 Å². The van der Waals surface area contributed by atoms with Gasteiger partial charge in [-0.05, 0) is 65.2 Å². The highest BCUT2D eigenvalue weighted by Crippen LogP contribution is 2.18. The van der Waals surface area contributed by atoms with Crippen LogP contribution in [0.15, 0.2) is 0 Å². The van der Waals surface area contributed by atoms with Gasteiger partial charge in [0.15, 0.2) is 0 Å². The standard InChI is InChI=1S/C13H28N2O/c1-4-14-11-12-5-8-15(9-6-12)10-7-13(2,3)16/h12,14,16H,4-11H2,1-3H3. The van der Waals surface area contributed by atoms with Gasteiger partial charge in [-0.2, -0.15) is 0 Å². The van der Waals surface area contributed by atoms with Gasteiger partial charge in [0.05, 0.1) is 5.60 Å². The Morgan fingerprint density at radius 1 is 1.31 bits per heavy atom. The first-order valence-electron chi connectivity index (χ1n) is 6.66. The Kier molecular flexibility index (Phi) is 5.73. The molecule has 0 aromatic heterocycles. The minimum atomic E-state index is -0.513. The van der Waals surface area contributed by atoms with Crippen molar-refractivity contribution in [2.24, 2.45) is 5.92 Å². The van der Waals surface area contributed by atoms with E-state index in [2.05, 4.69) is 17.1 Å². The molecule has 0 aromatic carbocycles. The van der Waals surface area contributed by atoms with Gasteiger partial charge in [0.2, 0.25) is 0 Å². The lowest BCUT2D eigenvalue weighted by Crippen LogP contribution is -2.39. The van der Waals surface area contributed by atoms with Crippen molar-refractivity contribution in [2.75, 3.05) is 32.7 Å². The summed E-state index contributed by atoms with van der Waals surface area (Å²) < 4.78 is 0. The van der Waals surface area contributed by atoms with Crippen LogP contribution < -0.4 is 5.32 Å². The zero-order chi connectivity index (χ0) is 12.0. The molecule has 3 nitrogen and oxygen atoms in total. The maximum absolute atomic E-state index is 9.68. The Labute approximate surface area is 100 Å². The fourth-order valence-corrected chi connectivity index (χ4v) is 2.19. The van der Waals surface area contributed by atoms with E-state index in [0.29, 0.717) is 0 Å². The highest BCUT2D eigenvalue weighted by Gasteiger charge is 2.20. The van der Waals surface area contributed by atoms with Gasteiger partial charge in [-0.25, -0.2) is 0 Å². The number of hydrogen-bond donors (Lipinski definition) is 2. The molecule has 1 fully saturated rings. The highest BCUT2D eigenvalue weighted by atomic mass is 16.3. The maximum atomic E-state index is 9.68. The number of piperidine rings is 1. The summed E-state index contributed by atoms with van der Waals surface area (Å²) in [6.45, 7) is 11.7. The van der Waals surface area contributed by atoms with Gasteiger partial charge >= 0.3 is 0 Å². The third-order valence-corrected chi connectivity index (χ3v) is 3.43. The summed E-state index contributed by atoms with van der Waals surface area (Å²) in [6.07, 6.45) is 3.49. The third kappa shape index (κ3) is 5.83. The lowest BCUT2D eigenvalue weighted by atomic mass is 9.96.